The van der Waals surface area contributed by atoms with Crippen LogP contribution in [-0.4, -0.2) is 17.7 Å². The summed E-state index contributed by atoms with van der Waals surface area (Å²) < 4.78 is 5.95. The molecule has 3 heteroatoms. The Balaban J connectivity index is 1.83. The maximum Gasteiger partial charge on any atom is 0.309 e. The number of aliphatic carboxylic acids is 1. The van der Waals surface area contributed by atoms with Crippen molar-refractivity contribution in [2.75, 3.05) is 6.61 Å². The number of hydrogen-bond donors (Lipinski definition) is 1. The lowest BCUT2D eigenvalue weighted by atomic mass is 9.77. The summed E-state index contributed by atoms with van der Waals surface area (Å²) in [5, 5.41) is 9.80. The summed E-state index contributed by atoms with van der Waals surface area (Å²) in [4.78, 5) is 11.9. The molecule has 0 bridgehead atoms. The van der Waals surface area contributed by atoms with Gasteiger partial charge in [0.1, 0.15) is 0 Å². The Morgan fingerprint density at radius 2 is 2.24 bits per heavy atom. The largest absolute Gasteiger partial charge is 0.481 e. The first kappa shape index (κ1) is 14.6. The van der Waals surface area contributed by atoms with Gasteiger partial charge in [0.25, 0.3) is 0 Å². The Labute approximate surface area is 126 Å². The van der Waals surface area contributed by atoms with E-state index in [-0.39, 0.29) is 6.10 Å². The number of fused-ring (bicyclic) bond motifs is 1. The summed E-state index contributed by atoms with van der Waals surface area (Å²) in [5.74, 6) is -0.0787. The first-order valence-electron chi connectivity index (χ1n) is 8.07. The van der Waals surface area contributed by atoms with E-state index in [1.165, 1.54) is 11.1 Å². The summed E-state index contributed by atoms with van der Waals surface area (Å²) in [7, 11) is 0. The number of hydrogen-bond acceptors (Lipinski definition) is 2. The quantitative estimate of drug-likeness (QED) is 0.911. The number of rotatable bonds is 4. The molecule has 21 heavy (non-hydrogen) atoms. The Hall–Kier alpha value is -1.35. The lowest BCUT2D eigenvalue weighted by Gasteiger charge is -2.33. The van der Waals surface area contributed by atoms with Crippen molar-refractivity contribution in [1.29, 1.82) is 0 Å². The van der Waals surface area contributed by atoms with Crippen LogP contribution >= 0.6 is 0 Å². The van der Waals surface area contributed by atoms with E-state index in [9.17, 15) is 9.90 Å². The standard InChI is InChI=1S/C18H24O3/c1-2-13-7-9-18(11-13,17(19)20)12-16-15-6-4-3-5-14(15)8-10-21-16/h3-6,13,16H,2,7-12H2,1H3,(H,19,20). The third-order valence-electron chi connectivity index (χ3n) is 5.41. The highest BCUT2D eigenvalue weighted by Gasteiger charge is 2.47. The third kappa shape index (κ3) is 2.71. The average Bonchev–Trinajstić information content (AvgIpc) is 2.92. The van der Waals surface area contributed by atoms with Gasteiger partial charge in [0.05, 0.1) is 18.1 Å². The zero-order valence-electron chi connectivity index (χ0n) is 12.7. The zero-order chi connectivity index (χ0) is 14.9. The molecule has 114 valence electrons. The second-order valence-electron chi connectivity index (χ2n) is 6.61. The van der Waals surface area contributed by atoms with Crippen molar-refractivity contribution in [3.05, 3.63) is 35.4 Å². The summed E-state index contributed by atoms with van der Waals surface area (Å²) in [6.45, 7) is 2.86. The molecule has 1 saturated carbocycles. The van der Waals surface area contributed by atoms with E-state index in [1.807, 2.05) is 6.07 Å². The molecule has 1 aliphatic carbocycles. The first-order valence-corrected chi connectivity index (χ1v) is 8.07. The van der Waals surface area contributed by atoms with Gasteiger partial charge < -0.3 is 9.84 Å². The molecule has 0 radical (unpaired) electrons. The van der Waals surface area contributed by atoms with Crippen LogP contribution in [0.2, 0.25) is 0 Å². The number of carboxylic acid groups (broad SMARTS) is 1. The van der Waals surface area contributed by atoms with Crippen molar-refractivity contribution >= 4 is 5.97 Å². The molecule has 3 rings (SSSR count). The molecule has 0 saturated heterocycles. The Bertz CT molecular complexity index is 525. The normalized spacial score (nSPS) is 31.9. The van der Waals surface area contributed by atoms with Gasteiger partial charge in [0.15, 0.2) is 0 Å². The predicted molar refractivity (Wildman–Crippen MR) is 81.2 cm³/mol. The molecule has 3 nitrogen and oxygen atoms in total. The lowest BCUT2D eigenvalue weighted by Crippen LogP contribution is -2.32. The van der Waals surface area contributed by atoms with Crippen LogP contribution < -0.4 is 0 Å². The zero-order valence-corrected chi connectivity index (χ0v) is 12.7. The Kier molecular flexibility index (Phi) is 4.03. The number of benzene rings is 1. The van der Waals surface area contributed by atoms with Gasteiger partial charge in [-0.25, -0.2) is 0 Å². The molecule has 1 heterocycles. The van der Waals surface area contributed by atoms with Gasteiger partial charge in [0.2, 0.25) is 0 Å². The SMILES string of the molecule is CCC1CCC(CC2OCCc3ccccc32)(C(=O)O)C1. The van der Waals surface area contributed by atoms with Crippen molar-refractivity contribution in [3.63, 3.8) is 0 Å². The van der Waals surface area contributed by atoms with Crippen LogP contribution in [0.3, 0.4) is 0 Å². The molecule has 3 atom stereocenters. The molecule has 1 aromatic rings. The third-order valence-corrected chi connectivity index (χ3v) is 5.41. The Morgan fingerprint density at radius 1 is 1.43 bits per heavy atom. The topological polar surface area (TPSA) is 46.5 Å². The summed E-state index contributed by atoms with van der Waals surface area (Å²) in [6, 6.07) is 8.32. The Morgan fingerprint density at radius 3 is 2.95 bits per heavy atom. The van der Waals surface area contributed by atoms with E-state index in [2.05, 4.69) is 25.1 Å². The maximum atomic E-state index is 11.9. The van der Waals surface area contributed by atoms with E-state index in [1.54, 1.807) is 0 Å². The second-order valence-corrected chi connectivity index (χ2v) is 6.61. The molecular formula is C18H24O3. The van der Waals surface area contributed by atoms with Crippen LogP contribution in [0.15, 0.2) is 24.3 Å². The fourth-order valence-electron chi connectivity index (χ4n) is 4.05. The highest BCUT2D eigenvalue weighted by atomic mass is 16.5. The summed E-state index contributed by atoms with van der Waals surface area (Å²) in [5.41, 5.74) is 1.93. The number of ether oxygens (including phenoxy) is 1. The van der Waals surface area contributed by atoms with Crippen LogP contribution in [0.1, 0.15) is 56.3 Å². The first-order chi connectivity index (χ1) is 10.1. The summed E-state index contributed by atoms with van der Waals surface area (Å²) in [6.07, 6.45) is 5.22. The van der Waals surface area contributed by atoms with E-state index in [0.717, 1.165) is 32.1 Å². The summed E-state index contributed by atoms with van der Waals surface area (Å²) >= 11 is 0. The molecular weight excluding hydrogens is 264 g/mol. The molecule has 2 aliphatic rings. The highest BCUT2D eigenvalue weighted by Crippen LogP contribution is 2.50. The van der Waals surface area contributed by atoms with Gasteiger partial charge >= 0.3 is 5.97 Å². The van der Waals surface area contributed by atoms with E-state index >= 15 is 0 Å². The van der Waals surface area contributed by atoms with Gasteiger partial charge in [-0.1, -0.05) is 37.6 Å². The minimum atomic E-state index is -0.634. The van der Waals surface area contributed by atoms with Gasteiger partial charge in [-0.2, -0.15) is 0 Å². The molecule has 1 N–H and O–H groups in total. The minimum absolute atomic E-state index is 0.0540. The van der Waals surface area contributed by atoms with Crippen LogP contribution in [0.4, 0.5) is 0 Å². The average molecular weight is 288 g/mol. The smallest absolute Gasteiger partial charge is 0.309 e. The second kappa shape index (κ2) is 5.80. The van der Waals surface area contributed by atoms with Crippen LogP contribution in [0.5, 0.6) is 0 Å². The van der Waals surface area contributed by atoms with Crippen molar-refractivity contribution in [3.8, 4) is 0 Å². The number of carboxylic acids is 1. The molecule has 3 unspecified atom stereocenters. The van der Waals surface area contributed by atoms with E-state index in [4.69, 9.17) is 4.74 Å². The van der Waals surface area contributed by atoms with Crippen molar-refractivity contribution < 1.29 is 14.6 Å². The van der Waals surface area contributed by atoms with Gasteiger partial charge in [0, 0.05) is 0 Å². The van der Waals surface area contributed by atoms with Crippen molar-refractivity contribution in [2.45, 2.75) is 51.6 Å². The lowest BCUT2D eigenvalue weighted by molar-refractivity contribution is -0.152. The van der Waals surface area contributed by atoms with Crippen LogP contribution in [-0.2, 0) is 16.0 Å². The van der Waals surface area contributed by atoms with E-state index in [0.29, 0.717) is 18.9 Å². The fraction of sp³-hybridized carbons (Fsp3) is 0.611. The molecule has 0 amide bonds. The van der Waals surface area contributed by atoms with Crippen LogP contribution in [0, 0.1) is 11.3 Å². The molecule has 1 fully saturated rings. The highest BCUT2D eigenvalue weighted by molar-refractivity contribution is 5.75. The van der Waals surface area contributed by atoms with Gasteiger partial charge in [-0.3, -0.25) is 4.79 Å². The molecule has 1 aliphatic heterocycles. The molecule has 1 aromatic carbocycles. The van der Waals surface area contributed by atoms with Gasteiger partial charge in [-0.15, -0.1) is 0 Å². The van der Waals surface area contributed by atoms with Crippen molar-refractivity contribution in [2.24, 2.45) is 11.3 Å². The van der Waals surface area contributed by atoms with Crippen molar-refractivity contribution in [1.82, 2.24) is 0 Å². The fourth-order valence-corrected chi connectivity index (χ4v) is 4.05. The monoisotopic (exact) mass is 288 g/mol. The predicted octanol–water partition coefficient (Wildman–Crippen LogP) is 3.97. The maximum absolute atomic E-state index is 11.9. The molecule has 0 spiro atoms. The van der Waals surface area contributed by atoms with E-state index < -0.39 is 11.4 Å². The number of carbonyl (C=O) groups is 1. The van der Waals surface area contributed by atoms with Gasteiger partial charge in [-0.05, 0) is 49.1 Å². The van der Waals surface area contributed by atoms with Crippen LogP contribution in [0.25, 0.3) is 0 Å². The minimum Gasteiger partial charge on any atom is -0.481 e. The molecule has 0 aromatic heterocycles.